The van der Waals surface area contributed by atoms with Crippen molar-refractivity contribution >= 4 is 37.3 Å². The highest BCUT2D eigenvalue weighted by atomic mass is 32.1. The second-order valence-corrected chi connectivity index (χ2v) is 13.9. The van der Waals surface area contributed by atoms with Crippen molar-refractivity contribution in [2.24, 2.45) is 0 Å². The first-order valence-corrected chi connectivity index (χ1v) is 18.2. The summed E-state index contributed by atoms with van der Waals surface area (Å²) in [6.45, 7) is 0. The third-order valence-electron chi connectivity index (χ3n) is 9.64. The summed E-state index contributed by atoms with van der Waals surface area (Å²) in [5, 5.41) is 1.23. The van der Waals surface area contributed by atoms with Crippen LogP contribution in [0.15, 0.2) is 182 Å². The Balaban J connectivity index is 1.16. The Morgan fingerprint density at radius 3 is 1.35 bits per heavy atom. The van der Waals surface area contributed by atoms with Gasteiger partial charge >= 0.3 is 0 Å². The molecule has 0 aliphatic carbocycles. The Morgan fingerprint density at radius 1 is 0.346 bits per heavy atom. The lowest BCUT2D eigenvalue weighted by atomic mass is 10.0. The first-order chi connectivity index (χ1) is 25.8. The largest absolute Gasteiger partial charge is 0.299 e. The lowest BCUT2D eigenvalue weighted by molar-refractivity contribution is 1.07. The molecule has 0 N–H and O–H groups in total. The fourth-order valence-corrected chi connectivity index (χ4v) is 8.41. The zero-order valence-electron chi connectivity index (χ0n) is 28.0. The van der Waals surface area contributed by atoms with E-state index in [1.165, 1.54) is 31.5 Å². The van der Waals surface area contributed by atoms with Crippen LogP contribution in [0.2, 0.25) is 0 Å². The number of thiazole rings is 1. The van der Waals surface area contributed by atoms with E-state index in [9.17, 15) is 0 Å². The Labute approximate surface area is 305 Å². The number of benzene rings is 7. The summed E-state index contributed by atoms with van der Waals surface area (Å²) in [4.78, 5) is 16.7. The van der Waals surface area contributed by atoms with E-state index >= 15 is 0 Å². The normalized spacial score (nSPS) is 11.5. The molecule has 244 valence electrons. The highest BCUT2D eigenvalue weighted by Gasteiger charge is 2.19. The molecule has 3 heterocycles. The van der Waals surface area contributed by atoms with Crippen molar-refractivity contribution in [3.05, 3.63) is 182 Å². The molecule has 0 spiro atoms. The molecule has 4 nitrogen and oxygen atoms in total. The minimum atomic E-state index is 0.633. The molecular weight excluding hydrogens is 653 g/mol. The average molecular weight is 683 g/mol. The lowest BCUT2D eigenvalue weighted by Gasteiger charge is -2.11. The Kier molecular flexibility index (Phi) is 7.29. The molecule has 0 aliphatic rings. The van der Waals surface area contributed by atoms with Gasteiger partial charge in [-0.1, -0.05) is 146 Å². The van der Waals surface area contributed by atoms with Gasteiger partial charge in [0.2, 0.25) is 0 Å². The smallest absolute Gasteiger partial charge is 0.164 e. The van der Waals surface area contributed by atoms with Gasteiger partial charge in [0.1, 0.15) is 4.83 Å². The molecule has 7 aromatic carbocycles. The van der Waals surface area contributed by atoms with E-state index in [2.05, 4.69) is 174 Å². The molecule has 0 atom stereocenters. The van der Waals surface area contributed by atoms with Crippen molar-refractivity contribution in [1.82, 2.24) is 19.4 Å². The maximum atomic E-state index is 5.17. The number of fused-ring (bicyclic) bond motifs is 5. The van der Waals surface area contributed by atoms with Gasteiger partial charge in [-0.25, -0.2) is 15.0 Å². The zero-order chi connectivity index (χ0) is 34.4. The summed E-state index contributed by atoms with van der Waals surface area (Å²) in [6.07, 6.45) is 0. The van der Waals surface area contributed by atoms with Crippen LogP contribution in [0, 0.1) is 0 Å². The van der Waals surface area contributed by atoms with Crippen molar-refractivity contribution < 1.29 is 0 Å². The maximum Gasteiger partial charge on any atom is 0.164 e. The van der Waals surface area contributed by atoms with Crippen LogP contribution in [0.1, 0.15) is 0 Å². The Bertz CT molecular complexity index is 2810. The van der Waals surface area contributed by atoms with Gasteiger partial charge in [0.05, 0.1) is 15.7 Å². The lowest BCUT2D eigenvalue weighted by Crippen LogP contribution is -2.00. The predicted molar refractivity (Wildman–Crippen MR) is 216 cm³/mol. The van der Waals surface area contributed by atoms with E-state index in [0.717, 1.165) is 44.5 Å². The molecule has 0 aliphatic heterocycles. The molecule has 0 saturated carbocycles. The second kappa shape index (κ2) is 12.6. The molecule has 0 saturated heterocycles. The highest BCUT2D eigenvalue weighted by molar-refractivity contribution is 7.24. The topological polar surface area (TPSA) is 43.1 Å². The van der Waals surface area contributed by atoms with E-state index in [4.69, 9.17) is 15.0 Å². The summed E-state index contributed by atoms with van der Waals surface area (Å²) in [5.41, 5.74) is 12.1. The minimum Gasteiger partial charge on any atom is -0.299 e. The van der Waals surface area contributed by atoms with Gasteiger partial charge in [-0.05, 0) is 64.2 Å². The highest BCUT2D eigenvalue weighted by Crippen LogP contribution is 2.43. The summed E-state index contributed by atoms with van der Waals surface area (Å²) in [7, 11) is 0. The Hall–Kier alpha value is -6.69. The van der Waals surface area contributed by atoms with Crippen LogP contribution < -0.4 is 0 Å². The molecule has 0 unspecified atom stereocenters. The van der Waals surface area contributed by atoms with Crippen molar-refractivity contribution in [3.8, 4) is 67.5 Å². The monoisotopic (exact) mass is 682 g/mol. The van der Waals surface area contributed by atoms with Crippen molar-refractivity contribution in [2.75, 3.05) is 0 Å². The van der Waals surface area contributed by atoms with Gasteiger partial charge in [0, 0.05) is 27.6 Å². The first-order valence-electron chi connectivity index (χ1n) is 17.4. The van der Waals surface area contributed by atoms with Crippen LogP contribution in [-0.2, 0) is 0 Å². The minimum absolute atomic E-state index is 0.633. The summed E-state index contributed by atoms with van der Waals surface area (Å²) in [6, 6.07) is 63.7. The summed E-state index contributed by atoms with van der Waals surface area (Å²) in [5.74, 6) is 1.90. The van der Waals surface area contributed by atoms with Crippen LogP contribution in [0.3, 0.4) is 0 Å². The van der Waals surface area contributed by atoms with E-state index in [1.807, 2.05) is 23.5 Å². The van der Waals surface area contributed by atoms with Gasteiger partial charge in [-0.3, -0.25) is 4.40 Å². The van der Waals surface area contributed by atoms with Crippen LogP contribution in [-0.4, -0.2) is 19.4 Å². The predicted octanol–water partition coefficient (Wildman–Crippen LogP) is 12.5. The van der Waals surface area contributed by atoms with E-state index in [-0.39, 0.29) is 0 Å². The van der Waals surface area contributed by atoms with Gasteiger partial charge < -0.3 is 0 Å². The number of rotatable bonds is 6. The molecule has 0 fully saturated rings. The molecule has 5 heteroatoms. The van der Waals surface area contributed by atoms with Crippen LogP contribution in [0.25, 0.3) is 93.5 Å². The van der Waals surface area contributed by atoms with E-state index in [0.29, 0.717) is 17.5 Å². The average Bonchev–Trinajstić information content (AvgIpc) is 3.76. The molecule has 0 amide bonds. The number of hydrogen-bond acceptors (Lipinski definition) is 4. The van der Waals surface area contributed by atoms with Gasteiger partial charge in [0.15, 0.2) is 17.5 Å². The standard InChI is InChI=1S/C47H30N4S/c1-3-14-31(15-4-1)33-18-11-21-36(28-33)44-48-45(37-22-12-19-34(29-37)32-16-5-2-6-17-32)50-46(49-44)38-23-13-20-35(30-38)43-39-24-7-8-25-40(39)51-41-26-9-10-27-42(41)52-47(43)51/h1-30H. The van der Waals surface area contributed by atoms with E-state index in [1.54, 1.807) is 0 Å². The third kappa shape index (κ3) is 5.27. The fraction of sp³-hybridized carbons (Fsp3) is 0. The van der Waals surface area contributed by atoms with Crippen LogP contribution in [0.5, 0.6) is 0 Å². The molecule has 0 radical (unpaired) electrons. The number of hydrogen-bond donors (Lipinski definition) is 0. The van der Waals surface area contributed by atoms with Crippen molar-refractivity contribution in [2.45, 2.75) is 0 Å². The van der Waals surface area contributed by atoms with Crippen molar-refractivity contribution in [1.29, 1.82) is 0 Å². The molecule has 3 aromatic heterocycles. The molecule has 10 rings (SSSR count). The Morgan fingerprint density at radius 2 is 0.769 bits per heavy atom. The number of para-hydroxylation sites is 2. The number of nitrogens with zero attached hydrogens (tertiary/aromatic N) is 4. The maximum absolute atomic E-state index is 5.17. The number of aromatic nitrogens is 4. The quantitative estimate of drug-likeness (QED) is 0.175. The second-order valence-electron chi connectivity index (χ2n) is 12.9. The van der Waals surface area contributed by atoms with Gasteiger partial charge in [-0.2, -0.15) is 0 Å². The van der Waals surface area contributed by atoms with Gasteiger partial charge in [-0.15, -0.1) is 11.3 Å². The van der Waals surface area contributed by atoms with Crippen LogP contribution in [0.4, 0.5) is 0 Å². The molecular formula is C47H30N4S. The SMILES string of the molecule is c1ccc(-c2cccc(-c3nc(-c4cccc(-c5ccccc5)c4)nc(-c4cccc(-c5c6ccccc6n6c5sc5ccccc56)c4)n3)c2)cc1. The fourth-order valence-electron chi connectivity index (χ4n) is 7.18. The van der Waals surface area contributed by atoms with Crippen molar-refractivity contribution in [3.63, 3.8) is 0 Å². The van der Waals surface area contributed by atoms with E-state index < -0.39 is 0 Å². The molecule has 10 aromatic rings. The van der Waals surface area contributed by atoms with Gasteiger partial charge in [0.25, 0.3) is 0 Å². The van der Waals surface area contributed by atoms with Crippen LogP contribution >= 0.6 is 11.3 Å². The zero-order valence-corrected chi connectivity index (χ0v) is 28.8. The summed E-state index contributed by atoms with van der Waals surface area (Å²) >= 11 is 1.83. The molecule has 52 heavy (non-hydrogen) atoms. The first kappa shape index (κ1) is 30.2. The molecule has 0 bridgehead atoms. The summed E-state index contributed by atoms with van der Waals surface area (Å²) < 4.78 is 3.67. The third-order valence-corrected chi connectivity index (χ3v) is 10.8.